The van der Waals surface area contributed by atoms with Gasteiger partial charge in [-0.1, -0.05) is 26.8 Å². The fraction of sp³-hybridized carbons (Fsp3) is 0.467. The van der Waals surface area contributed by atoms with Crippen LogP contribution in [0.3, 0.4) is 0 Å². The van der Waals surface area contributed by atoms with Crippen molar-refractivity contribution in [2.45, 2.75) is 44.6 Å². The molecule has 2 aromatic rings. The van der Waals surface area contributed by atoms with Gasteiger partial charge in [0.05, 0.1) is 20.8 Å². The highest BCUT2D eigenvalue weighted by atomic mass is 32.1. The molecule has 0 spiro atoms. The predicted molar refractivity (Wildman–Crippen MR) is 77.4 cm³/mol. The number of carbonyl (C=O) groups excluding carboxylic acids is 1. The van der Waals surface area contributed by atoms with Gasteiger partial charge >= 0.3 is 0 Å². The molecule has 1 aliphatic carbocycles. The topological polar surface area (TPSA) is 42.3 Å². The smallest absolute Gasteiger partial charge is 0.235 e. The molecule has 0 unspecified atom stereocenters. The van der Waals surface area contributed by atoms with Gasteiger partial charge in [-0.3, -0.25) is 0 Å². The number of thiazole rings is 1. The molecular weight excluding hydrogens is 256 g/mol. The third-order valence-corrected chi connectivity index (χ3v) is 4.99. The molecule has 0 amide bonds. The van der Waals surface area contributed by atoms with Crippen LogP contribution in [0.5, 0.6) is 0 Å². The molecule has 1 aromatic heterocycles. The number of nitrogens with zero attached hydrogens (tertiary/aromatic N) is 2. The second kappa shape index (κ2) is 3.99. The molecule has 0 N–H and O–H groups in total. The van der Waals surface area contributed by atoms with Gasteiger partial charge in [0.2, 0.25) is 6.08 Å². The van der Waals surface area contributed by atoms with Crippen molar-refractivity contribution in [1.82, 2.24) is 4.98 Å². The summed E-state index contributed by atoms with van der Waals surface area (Å²) in [5.74, 6) is 0. The van der Waals surface area contributed by atoms with E-state index in [1.807, 2.05) is 12.1 Å². The van der Waals surface area contributed by atoms with Crippen LogP contribution in [0.1, 0.15) is 44.2 Å². The largest absolute Gasteiger partial charge is 0.241 e. The molecular formula is C15H16N2OS. The number of fused-ring (bicyclic) bond motifs is 1. The van der Waals surface area contributed by atoms with Gasteiger partial charge in [0, 0.05) is 5.41 Å². The summed E-state index contributed by atoms with van der Waals surface area (Å²) >= 11 is 1.73. The van der Waals surface area contributed by atoms with E-state index < -0.39 is 0 Å². The van der Waals surface area contributed by atoms with Crippen LogP contribution in [0.25, 0.3) is 10.2 Å². The summed E-state index contributed by atoms with van der Waals surface area (Å²) in [6.07, 6.45) is 3.60. The Labute approximate surface area is 116 Å². The van der Waals surface area contributed by atoms with Crippen molar-refractivity contribution in [2.75, 3.05) is 0 Å². The number of aromatic nitrogens is 1. The number of aliphatic imine (C=N–C) groups is 1. The Morgan fingerprint density at radius 3 is 2.68 bits per heavy atom. The average molecular weight is 272 g/mol. The number of hydrogen-bond donors (Lipinski definition) is 0. The van der Waals surface area contributed by atoms with E-state index in [1.165, 1.54) is 4.70 Å². The van der Waals surface area contributed by atoms with Gasteiger partial charge < -0.3 is 0 Å². The minimum Gasteiger partial charge on any atom is -0.241 e. The number of isocyanates is 1. The van der Waals surface area contributed by atoms with E-state index in [4.69, 9.17) is 0 Å². The molecule has 19 heavy (non-hydrogen) atoms. The Hall–Kier alpha value is -1.51. The number of rotatable bonds is 2. The lowest BCUT2D eigenvalue weighted by molar-refractivity contribution is 0.556. The van der Waals surface area contributed by atoms with Crippen LogP contribution in [-0.2, 0) is 15.7 Å². The van der Waals surface area contributed by atoms with Crippen LogP contribution in [-0.4, -0.2) is 11.1 Å². The van der Waals surface area contributed by atoms with Gasteiger partial charge in [-0.05, 0) is 30.5 Å². The molecule has 3 rings (SSSR count). The molecule has 1 fully saturated rings. The first-order valence-electron chi connectivity index (χ1n) is 6.45. The van der Waals surface area contributed by atoms with Crippen LogP contribution in [0.15, 0.2) is 23.2 Å². The molecule has 1 saturated carbocycles. The molecule has 0 radical (unpaired) electrons. The third-order valence-electron chi connectivity index (χ3n) is 3.55. The normalized spacial score (nSPS) is 17.2. The van der Waals surface area contributed by atoms with Gasteiger partial charge in [-0.25, -0.2) is 9.78 Å². The minimum absolute atomic E-state index is 0.0715. The monoisotopic (exact) mass is 272 g/mol. The van der Waals surface area contributed by atoms with Crippen molar-refractivity contribution in [3.63, 3.8) is 0 Å². The van der Waals surface area contributed by atoms with Gasteiger partial charge in [0.1, 0.15) is 0 Å². The fourth-order valence-electron chi connectivity index (χ4n) is 2.21. The average Bonchev–Trinajstić information content (AvgIpc) is 2.99. The van der Waals surface area contributed by atoms with Crippen LogP contribution < -0.4 is 0 Å². The zero-order chi connectivity index (χ0) is 13.7. The number of benzene rings is 1. The molecule has 0 aliphatic heterocycles. The van der Waals surface area contributed by atoms with E-state index in [0.717, 1.165) is 28.9 Å². The Morgan fingerprint density at radius 1 is 1.37 bits per heavy atom. The fourth-order valence-corrected chi connectivity index (χ4v) is 3.27. The SMILES string of the molecule is CC(C)(C)c1nc2ccc(C3(N=C=O)CC3)cc2s1. The second-order valence-electron chi connectivity index (χ2n) is 6.19. The van der Waals surface area contributed by atoms with Crippen molar-refractivity contribution in [3.05, 3.63) is 28.8 Å². The van der Waals surface area contributed by atoms with Crippen molar-refractivity contribution < 1.29 is 4.79 Å². The summed E-state index contributed by atoms with van der Waals surface area (Å²) < 4.78 is 1.18. The lowest BCUT2D eigenvalue weighted by Gasteiger charge is -2.13. The van der Waals surface area contributed by atoms with Gasteiger partial charge in [-0.2, -0.15) is 4.99 Å². The molecule has 3 nitrogen and oxygen atoms in total. The van der Waals surface area contributed by atoms with Crippen molar-refractivity contribution in [3.8, 4) is 0 Å². The van der Waals surface area contributed by atoms with E-state index in [0.29, 0.717) is 0 Å². The molecule has 1 aliphatic rings. The standard InChI is InChI=1S/C15H16N2OS/c1-14(2,3)13-17-11-5-4-10(8-12(11)19-13)15(6-7-15)16-9-18/h4-5,8H,6-7H2,1-3H3. The molecule has 1 aromatic carbocycles. The zero-order valence-electron chi connectivity index (χ0n) is 11.4. The summed E-state index contributed by atoms with van der Waals surface area (Å²) in [4.78, 5) is 19.2. The molecule has 4 heteroatoms. The summed E-state index contributed by atoms with van der Waals surface area (Å²) in [6, 6.07) is 6.22. The van der Waals surface area contributed by atoms with Crippen LogP contribution >= 0.6 is 11.3 Å². The highest BCUT2D eigenvalue weighted by Crippen LogP contribution is 2.50. The molecule has 0 bridgehead atoms. The maximum Gasteiger partial charge on any atom is 0.235 e. The van der Waals surface area contributed by atoms with Gasteiger partial charge in [-0.15, -0.1) is 11.3 Å². The molecule has 0 saturated heterocycles. The summed E-state index contributed by atoms with van der Waals surface area (Å²) in [5.41, 5.74) is 1.93. The van der Waals surface area contributed by atoms with Crippen molar-refractivity contribution >= 4 is 27.6 Å². The molecule has 1 heterocycles. The van der Waals surface area contributed by atoms with Crippen LogP contribution in [0.2, 0.25) is 0 Å². The maximum absolute atomic E-state index is 10.5. The van der Waals surface area contributed by atoms with E-state index in [-0.39, 0.29) is 11.0 Å². The molecule has 98 valence electrons. The van der Waals surface area contributed by atoms with Crippen molar-refractivity contribution in [1.29, 1.82) is 0 Å². The Morgan fingerprint density at radius 2 is 2.11 bits per heavy atom. The highest BCUT2D eigenvalue weighted by molar-refractivity contribution is 7.18. The zero-order valence-corrected chi connectivity index (χ0v) is 12.2. The first-order valence-corrected chi connectivity index (χ1v) is 7.27. The summed E-state index contributed by atoms with van der Waals surface area (Å²) in [5, 5.41) is 1.14. The first-order chi connectivity index (χ1) is 8.94. The summed E-state index contributed by atoms with van der Waals surface area (Å²) in [7, 11) is 0. The van der Waals surface area contributed by atoms with Crippen molar-refractivity contribution in [2.24, 2.45) is 4.99 Å². The Kier molecular flexibility index (Phi) is 2.63. The van der Waals surface area contributed by atoms with Gasteiger partial charge in [0.25, 0.3) is 0 Å². The van der Waals surface area contributed by atoms with Crippen LogP contribution in [0, 0.1) is 0 Å². The highest BCUT2D eigenvalue weighted by Gasteiger charge is 2.44. The Bertz CT molecular complexity index is 686. The lowest BCUT2D eigenvalue weighted by Crippen LogP contribution is -2.09. The predicted octanol–water partition coefficient (Wildman–Crippen LogP) is 3.92. The third kappa shape index (κ3) is 2.11. The first kappa shape index (κ1) is 12.5. The number of hydrogen-bond acceptors (Lipinski definition) is 4. The quantitative estimate of drug-likeness (QED) is 0.614. The second-order valence-corrected chi connectivity index (χ2v) is 7.22. The Balaban J connectivity index is 2.09. The van der Waals surface area contributed by atoms with Crippen LogP contribution in [0.4, 0.5) is 0 Å². The van der Waals surface area contributed by atoms with Gasteiger partial charge in [0.15, 0.2) is 0 Å². The summed E-state index contributed by atoms with van der Waals surface area (Å²) in [6.45, 7) is 6.51. The molecule has 0 atom stereocenters. The van der Waals surface area contributed by atoms with E-state index >= 15 is 0 Å². The van der Waals surface area contributed by atoms with E-state index in [9.17, 15) is 4.79 Å². The van der Waals surface area contributed by atoms with E-state index in [2.05, 4.69) is 36.8 Å². The maximum atomic E-state index is 10.5. The van der Waals surface area contributed by atoms with E-state index in [1.54, 1.807) is 17.4 Å². The lowest BCUT2D eigenvalue weighted by atomic mass is 9.98. The minimum atomic E-state index is -0.290.